The van der Waals surface area contributed by atoms with Crippen LogP contribution in [-0.4, -0.2) is 0 Å². The van der Waals surface area contributed by atoms with E-state index in [1.54, 1.807) is 0 Å². The molecule has 4 N–H and O–H groups in total. The molecule has 0 aliphatic carbocycles. The Balaban J connectivity index is 3.40. The van der Waals surface area contributed by atoms with Crippen LogP contribution in [0.1, 0.15) is 82.1 Å². The minimum atomic E-state index is -0.688. The molecule has 0 bridgehead atoms. The molecule has 2 nitrogen and oxygen atoms in total. The van der Waals surface area contributed by atoms with Gasteiger partial charge in [0.2, 0.25) is 0 Å². The molecule has 0 spiro atoms. The number of nitrogens with two attached hydrogens (primary N) is 2. The van der Waals surface area contributed by atoms with E-state index in [1.165, 1.54) is 35.1 Å². The Kier molecular flexibility index (Phi) is 7.41. The Hall–Kier alpha value is -0.860. The minimum Gasteiger partial charge on any atom is -0.310 e. The van der Waals surface area contributed by atoms with Gasteiger partial charge in [-0.1, -0.05) is 65.5 Å². The molecule has 0 heterocycles. The van der Waals surface area contributed by atoms with Crippen LogP contribution in [0.3, 0.4) is 0 Å². The molecule has 21 heavy (non-hydrogen) atoms. The smallest absolute Gasteiger partial charge is 0.0902 e. The molecule has 0 aliphatic rings. The van der Waals surface area contributed by atoms with Gasteiger partial charge in [0, 0.05) is 0 Å². The van der Waals surface area contributed by atoms with Gasteiger partial charge < -0.3 is 11.5 Å². The van der Waals surface area contributed by atoms with Gasteiger partial charge in [-0.15, -0.1) is 0 Å². The van der Waals surface area contributed by atoms with Crippen LogP contribution in [-0.2, 0) is 24.9 Å². The molecule has 1 aromatic rings. The molecule has 0 aromatic heterocycles. The maximum atomic E-state index is 6.45. The first-order chi connectivity index (χ1) is 10.0. The van der Waals surface area contributed by atoms with Crippen LogP contribution in [0.5, 0.6) is 0 Å². The fourth-order valence-electron chi connectivity index (χ4n) is 3.33. The van der Waals surface area contributed by atoms with E-state index < -0.39 is 5.66 Å². The van der Waals surface area contributed by atoms with Gasteiger partial charge in [-0.05, 0) is 47.9 Å². The van der Waals surface area contributed by atoms with Crippen molar-refractivity contribution in [3.05, 3.63) is 34.4 Å². The molecular weight excluding hydrogens is 256 g/mol. The largest absolute Gasteiger partial charge is 0.310 e. The van der Waals surface area contributed by atoms with Gasteiger partial charge in [0.25, 0.3) is 0 Å². The summed E-state index contributed by atoms with van der Waals surface area (Å²) in [6.07, 6.45) is 8.73. The van der Waals surface area contributed by atoms with E-state index in [-0.39, 0.29) is 0 Å². The van der Waals surface area contributed by atoms with Crippen molar-refractivity contribution in [2.75, 3.05) is 0 Å². The fraction of sp³-hybridized carbons (Fsp3) is 0.684. The Morgan fingerprint density at radius 1 is 0.762 bits per heavy atom. The molecule has 0 saturated heterocycles. The Morgan fingerprint density at radius 2 is 1.33 bits per heavy atom. The lowest BCUT2D eigenvalue weighted by Gasteiger charge is -2.30. The molecule has 0 amide bonds. The summed E-state index contributed by atoms with van der Waals surface area (Å²) in [4.78, 5) is 0. The highest BCUT2D eigenvalue weighted by Crippen LogP contribution is 2.30. The zero-order chi connectivity index (χ0) is 15.9. The first-order valence-electron chi connectivity index (χ1n) is 8.73. The van der Waals surface area contributed by atoms with E-state index >= 15 is 0 Å². The first kappa shape index (κ1) is 18.2. The topological polar surface area (TPSA) is 52.0 Å². The van der Waals surface area contributed by atoms with Crippen molar-refractivity contribution in [3.8, 4) is 0 Å². The van der Waals surface area contributed by atoms with E-state index in [2.05, 4.69) is 39.8 Å². The van der Waals surface area contributed by atoms with Crippen LogP contribution < -0.4 is 11.5 Å². The molecule has 0 unspecified atom stereocenters. The van der Waals surface area contributed by atoms with Gasteiger partial charge in [0.15, 0.2) is 0 Å². The summed E-state index contributed by atoms with van der Waals surface area (Å²) in [5, 5.41) is 0. The van der Waals surface area contributed by atoms with Crippen LogP contribution in [0, 0.1) is 0 Å². The molecule has 2 heteroatoms. The van der Waals surface area contributed by atoms with Gasteiger partial charge in [-0.2, -0.15) is 0 Å². The van der Waals surface area contributed by atoms with Crippen molar-refractivity contribution >= 4 is 0 Å². The predicted molar refractivity (Wildman–Crippen MR) is 93.4 cm³/mol. The lowest BCUT2D eigenvalue weighted by molar-refractivity contribution is 0.416. The summed E-state index contributed by atoms with van der Waals surface area (Å²) < 4.78 is 0. The second kappa shape index (κ2) is 8.55. The molecule has 1 rings (SSSR count). The Morgan fingerprint density at radius 3 is 1.86 bits per heavy atom. The van der Waals surface area contributed by atoms with Gasteiger partial charge >= 0.3 is 0 Å². The Bertz CT molecular complexity index is 435. The SMILES string of the molecule is CCCc1ccc(C(N)(N)CCC)c(CCC)c1CCC. The van der Waals surface area contributed by atoms with Gasteiger partial charge in [-0.3, -0.25) is 0 Å². The highest BCUT2D eigenvalue weighted by Gasteiger charge is 2.25. The monoisotopic (exact) mass is 290 g/mol. The zero-order valence-electron chi connectivity index (χ0n) is 14.5. The third-order valence-corrected chi connectivity index (χ3v) is 4.21. The molecule has 0 atom stereocenters. The second-order valence-electron chi connectivity index (χ2n) is 6.27. The summed E-state index contributed by atoms with van der Waals surface area (Å²) in [6.45, 7) is 8.88. The van der Waals surface area contributed by atoms with E-state index in [9.17, 15) is 0 Å². The predicted octanol–water partition coefficient (Wildman–Crippen LogP) is 4.41. The highest BCUT2D eigenvalue weighted by molar-refractivity contribution is 5.44. The van der Waals surface area contributed by atoms with Crippen molar-refractivity contribution in [3.63, 3.8) is 0 Å². The average Bonchev–Trinajstić information content (AvgIpc) is 2.42. The quantitative estimate of drug-likeness (QED) is 0.662. The zero-order valence-corrected chi connectivity index (χ0v) is 14.5. The number of hydrogen-bond acceptors (Lipinski definition) is 2. The minimum absolute atomic E-state index is 0.688. The van der Waals surface area contributed by atoms with Crippen LogP contribution in [0.25, 0.3) is 0 Å². The van der Waals surface area contributed by atoms with E-state index in [0.29, 0.717) is 0 Å². The Labute approximate surface area is 131 Å². The molecular formula is C19H34N2. The third kappa shape index (κ3) is 4.55. The molecule has 1 aromatic carbocycles. The van der Waals surface area contributed by atoms with Crippen molar-refractivity contribution in [1.29, 1.82) is 0 Å². The lowest BCUT2D eigenvalue weighted by atomic mass is 9.83. The number of benzene rings is 1. The summed E-state index contributed by atoms with van der Waals surface area (Å²) in [5.41, 5.74) is 17.8. The van der Waals surface area contributed by atoms with Crippen molar-refractivity contribution in [1.82, 2.24) is 0 Å². The summed E-state index contributed by atoms with van der Waals surface area (Å²) in [5.74, 6) is 0. The summed E-state index contributed by atoms with van der Waals surface area (Å²) in [7, 11) is 0. The van der Waals surface area contributed by atoms with Crippen LogP contribution in [0.4, 0.5) is 0 Å². The normalized spacial score (nSPS) is 11.9. The van der Waals surface area contributed by atoms with Crippen molar-refractivity contribution in [2.45, 2.75) is 84.7 Å². The maximum Gasteiger partial charge on any atom is 0.0902 e. The number of hydrogen-bond donors (Lipinski definition) is 2. The average molecular weight is 290 g/mol. The van der Waals surface area contributed by atoms with Crippen molar-refractivity contribution in [2.24, 2.45) is 11.5 Å². The maximum absolute atomic E-state index is 6.45. The van der Waals surface area contributed by atoms with Gasteiger partial charge in [0.05, 0.1) is 5.66 Å². The first-order valence-corrected chi connectivity index (χ1v) is 8.73. The second-order valence-corrected chi connectivity index (χ2v) is 6.27. The standard InChI is InChI=1S/C19H34N2/c1-5-9-15-12-13-18(19(20,21)14-8-4)17(11-7-3)16(15)10-6-2/h12-13H,5-11,14,20-21H2,1-4H3. The van der Waals surface area contributed by atoms with Gasteiger partial charge in [-0.25, -0.2) is 0 Å². The molecule has 120 valence electrons. The molecule has 0 fully saturated rings. The fourth-order valence-corrected chi connectivity index (χ4v) is 3.33. The molecule has 0 radical (unpaired) electrons. The van der Waals surface area contributed by atoms with Crippen LogP contribution in [0.15, 0.2) is 12.1 Å². The lowest BCUT2D eigenvalue weighted by Crippen LogP contribution is -2.46. The van der Waals surface area contributed by atoms with Crippen LogP contribution in [0.2, 0.25) is 0 Å². The third-order valence-electron chi connectivity index (χ3n) is 4.21. The van der Waals surface area contributed by atoms with E-state index in [0.717, 1.165) is 38.5 Å². The summed E-state index contributed by atoms with van der Waals surface area (Å²) >= 11 is 0. The molecule has 0 aliphatic heterocycles. The van der Waals surface area contributed by atoms with E-state index in [1.807, 2.05) is 0 Å². The molecule has 0 saturated carbocycles. The number of rotatable bonds is 9. The number of aryl methyl sites for hydroxylation is 1. The summed E-state index contributed by atoms with van der Waals surface area (Å²) in [6, 6.07) is 4.47. The van der Waals surface area contributed by atoms with Crippen LogP contribution >= 0.6 is 0 Å². The van der Waals surface area contributed by atoms with E-state index in [4.69, 9.17) is 11.5 Å². The highest BCUT2D eigenvalue weighted by atomic mass is 15.0. The van der Waals surface area contributed by atoms with Gasteiger partial charge in [0.1, 0.15) is 0 Å². The van der Waals surface area contributed by atoms with Crippen molar-refractivity contribution < 1.29 is 0 Å².